The summed E-state index contributed by atoms with van der Waals surface area (Å²) < 4.78 is 43.6. The quantitative estimate of drug-likeness (QED) is 0.896. The molecular formula is C16H11F3N2O2S. The molecule has 2 aliphatic rings. The number of fused-ring (bicyclic) bond motifs is 1. The van der Waals surface area contributed by atoms with Crippen molar-refractivity contribution in [3.63, 3.8) is 0 Å². The molecule has 0 bridgehead atoms. The minimum Gasteiger partial charge on any atom is -0.458 e. The fraction of sp³-hybridized carbons (Fsp3) is 0.250. The minimum absolute atomic E-state index is 0.126. The molecule has 1 aliphatic heterocycles. The number of ether oxygens (including phenoxy) is 1. The third kappa shape index (κ3) is 3.32. The summed E-state index contributed by atoms with van der Waals surface area (Å²) in [4.78, 5) is 3.87. The second-order valence-electron chi connectivity index (χ2n) is 5.12. The van der Waals surface area contributed by atoms with Gasteiger partial charge in [0, 0.05) is 23.1 Å². The molecular weight excluding hydrogens is 341 g/mol. The molecule has 1 unspecified atom stereocenters. The van der Waals surface area contributed by atoms with Crippen molar-refractivity contribution in [3.05, 3.63) is 51.8 Å². The Morgan fingerprint density at radius 2 is 2.08 bits per heavy atom. The van der Waals surface area contributed by atoms with Crippen molar-refractivity contribution in [2.24, 2.45) is 4.99 Å². The number of alkyl halides is 3. The average Bonchev–Trinajstić information content (AvgIpc) is 2.93. The lowest BCUT2D eigenvalue weighted by molar-refractivity contribution is -0.0321. The highest BCUT2D eigenvalue weighted by molar-refractivity contribution is 8.04. The number of hydrogen-bond acceptors (Lipinski definition) is 5. The summed E-state index contributed by atoms with van der Waals surface area (Å²) in [5.41, 5.74) is -3.80. The molecule has 8 heteroatoms. The first kappa shape index (κ1) is 16.6. The first-order valence-corrected chi connectivity index (χ1v) is 7.83. The van der Waals surface area contributed by atoms with E-state index in [1.165, 1.54) is 0 Å². The Labute approximate surface area is 140 Å². The first-order valence-electron chi connectivity index (χ1n) is 7.01. The van der Waals surface area contributed by atoms with Crippen molar-refractivity contribution in [2.45, 2.75) is 24.5 Å². The van der Waals surface area contributed by atoms with E-state index in [-0.39, 0.29) is 34.4 Å². The van der Waals surface area contributed by atoms with Gasteiger partial charge in [0.15, 0.2) is 0 Å². The zero-order valence-electron chi connectivity index (χ0n) is 12.2. The van der Waals surface area contributed by atoms with Crippen molar-refractivity contribution in [2.75, 3.05) is 0 Å². The van der Waals surface area contributed by atoms with E-state index in [4.69, 9.17) is 10.00 Å². The van der Waals surface area contributed by atoms with Crippen LogP contribution in [0.15, 0.2) is 51.2 Å². The Bertz CT molecular complexity index is 806. The van der Waals surface area contributed by atoms with Crippen LogP contribution in [0.4, 0.5) is 13.2 Å². The molecule has 24 heavy (non-hydrogen) atoms. The van der Waals surface area contributed by atoms with Crippen LogP contribution in [0.25, 0.3) is 0 Å². The largest absolute Gasteiger partial charge is 0.458 e. The Kier molecular flexibility index (Phi) is 4.39. The standard InChI is InChI=1S/C16H11F3N2O2S/c17-16(18,19)24-13-8-21-15-12(6-5-10(22)14(13)15)23-11-4-2-1-3-9(11)7-20/h1-4,8,10,22H,5-6H2. The normalized spacial score (nSPS) is 20.2. The van der Waals surface area contributed by atoms with Crippen LogP contribution in [0.3, 0.4) is 0 Å². The maximum absolute atomic E-state index is 12.6. The molecule has 4 nitrogen and oxygen atoms in total. The van der Waals surface area contributed by atoms with Crippen molar-refractivity contribution < 1.29 is 23.0 Å². The molecule has 0 radical (unpaired) electrons. The fourth-order valence-electron chi connectivity index (χ4n) is 2.54. The van der Waals surface area contributed by atoms with Crippen LogP contribution in [0, 0.1) is 11.3 Å². The van der Waals surface area contributed by atoms with Crippen molar-refractivity contribution in [3.8, 4) is 11.8 Å². The molecule has 0 amide bonds. The lowest BCUT2D eigenvalue weighted by Crippen LogP contribution is -2.20. The Hall–Kier alpha value is -2.24. The summed E-state index contributed by atoms with van der Waals surface area (Å²) in [7, 11) is 0. The number of nitrogens with zero attached hydrogens (tertiary/aromatic N) is 2. The number of aliphatic hydroxyl groups excluding tert-OH is 1. The topological polar surface area (TPSA) is 65.6 Å². The molecule has 1 heterocycles. The Morgan fingerprint density at radius 3 is 2.79 bits per heavy atom. The number of thioether (sulfide) groups is 1. The molecule has 0 saturated heterocycles. The number of aliphatic imine (C=N–C) groups is 1. The number of para-hydroxylation sites is 1. The Morgan fingerprint density at radius 1 is 1.33 bits per heavy atom. The molecule has 1 aliphatic carbocycles. The van der Waals surface area contributed by atoms with E-state index in [0.717, 1.165) is 6.21 Å². The maximum atomic E-state index is 12.6. The number of hydrogen-bond donors (Lipinski definition) is 1. The van der Waals surface area contributed by atoms with Crippen LogP contribution in [-0.2, 0) is 0 Å². The number of halogens is 3. The van der Waals surface area contributed by atoms with Gasteiger partial charge in [-0.05, 0) is 30.3 Å². The second kappa shape index (κ2) is 6.34. The summed E-state index contributed by atoms with van der Waals surface area (Å²) in [6.45, 7) is 0. The van der Waals surface area contributed by atoms with Crippen LogP contribution < -0.4 is 4.74 Å². The van der Waals surface area contributed by atoms with Gasteiger partial charge in [-0.15, -0.1) is 0 Å². The number of benzene rings is 1. The summed E-state index contributed by atoms with van der Waals surface area (Å²) in [6, 6.07) is 8.55. The molecule has 1 aromatic rings. The summed E-state index contributed by atoms with van der Waals surface area (Å²) >= 11 is -0.302. The number of nitriles is 1. The van der Waals surface area contributed by atoms with E-state index in [1.807, 2.05) is 6.07 Å². The van der Waals surface area contributed by atoms with Gasteiger partial charge in [-0.2, -0.15) is 18.4 Å². The average molecular weight is 352 g/mol. The highest BCUT2D eigenvalue weighted by atomic mass is 32.2. The van der Waals surface area contributed by atoms with Gasteiger partial charge in [0.25, 0.3) is 0 Å². The molecule has 0 aromatic heterocycles. The summed E-state index contributed by atoms with van der Waals surface area (Å²) in [5.74, 6) is 0.664. The molecule has 1 N–H and O–H groups in total. The van der Waals surface area contributed by atoms with Gasteiger partial charge in [0.2, 0.25) is 0 Å². The molecule has 3 rings (SSSR count). The van der Waals surface area contributed by atoms with E-state index in [1.54, 1.807) is 24.3 Å². The number of rotatable bonds is 3. The molecule has 124 valence electrons. The van der Waals surface area contributed by atoms with E-state index >= 15 is 0 Å². The van der Waals surface area contributed by atoms with Crippen LogP contribution in [0.5, 0.6) is 5.75 Å². The number of aliphatic hydroxyl groups is 1. The highest BCUT2D eigenvalue weighted by Crippen LogP contribution is 2.45. The van der Waals surface area contributed by atoms with Crippen LogP contribution in [-0.4, -0.2) is 22.9 Å². The van der Waals surface area contributed by atoms with Crippen molar-refractivity contribution >= 4 is 18.0 Å². The van der Waals surface area contributed by atoms with E-state index < -0.39 is 11.6 Å². The predicted molar refractivity (Wildman–Crippen MR) is 83.2 cm³/mol. The van der Waals surface area contributed by atoms with Crippen molar-refractivity contribution in [1.29, 1.82) is 5.26 Å². The number of allylic oxidation sites excluding steroid dienone is 2. The highest BCUT2D eigenvalue weighted by Gasteiger charge is 2.37. The van der Waals surface area contributed by atoms with Gasteiger partial charge in [-0.1, -0.05) is 12.1 Å². The summed E-state index contributed by atoms with van der Waals surface area (Å²) in [6.07, 6.45) is 0.623. The predicted octanol–water partition coefficient (Wildman–Crippen LogP) is 3.89. The van der Waals surface area contributed by atoms with E-state index in [0.29, 0.717) is 23.5 Å². The van der Waals surface area contributed by atoms with Gasteiger partial charge in [0.05, 0.1) is 11.7 Å². The zero-order valence-corrected chi connectivity index (χ0v) is 13.0. The smallest absolute Gasteiger partial charge is 0.446 e. The summed E-state index contributed by atoms with van der Waals surface area (Å²) in [5, 5.41) is 19.2. The van der Waals surface area contributed by atoms with Gasteiger partial charge in [0.1, 0.15) is 23.3 Å². The van der Waals surface area contributed by atoms with Crippen LogP contribution in [0.2, 0.25) is 0 Å². The van der Waals surface area contributed by atoms with Crippen LogP contribution >= 0.6 is 11.8 Å². The molecule has 0 fully saturated rings. The molecule has 0 saturated carbocycles. The third-order valence-corrected chi connectivity index (χ3v) is 4.32. The van der Waals surface area contributed by atoms with Gasteiger partial charge >= 0.3 is 5.51 Å². The lowest BCUT2D eigenvalue weighted by Gasteiger charge is -2.24. The Balaban J connectivity index is 1.98. The monoisotopic (exact) mass is 352 g/mol. The van der Waals surface area contributed by atoms with Gasteiger partial charge in [-0.3, -0.25) is 4.99 Å². The lowest BCUT2D eigenvalue weighted by atomic mass is 9.95. The fourth-order valence-corrected chi connectivity index (χ4v) is 3.24. The van der Waals surface area contributed by atoms with Crippen LogP contribution in [0.1, 0.15) is 18.4 Å². The van der Waals surface area contributed by atoms with E-state index in [9.17, 15) is 18.3 Å². The molecule has 0 spiro atoms. The van der Waals surface area contributed by atoms with E-state index in [2.05, 4.69) is 4.99 Å². The first-order chi connectivity index (χ1) is 11.4. The third-order valence-electron chi connectivity index (χ3n) is 3.54. The second-order valence-corrected chi connectivity index (χ2v) is 6.23. The van der Waals surface area contributed by atoms with Gasteiger partial charge in [-0.25, -0.2) is 0 Å². The van der Waals surface area contributed by atoms with Gasteiger partial charge < -0.3 is 9.84 Å². The SMILES string of the molecule is N#Cc1ccccc1OC1=C2N=CC(SC(F)(F)F)=C2C(O)CC1. The molecule has 1 aromatic carbocycles. The minimum atomic E-state index is -4.46. The maximum Gasteiger partial charge on any atom is 0.446 e. The molecule has 1 atom stereocenters. The zero-order chi connectivity index (χ0) is 17.3. The van der Waals surface area contributed by atoms with Crippen molar-refractivity contribution in [1.82, 2.24) is 0 Å².